The number of amides is 1. The molecule has 0 aliphatic rings. The standard InChI is InChI=1S/C13H14BrN3O/c1-8-4-10(5-9(2)12(8)14)16-13(18)11-6-15-7-17(11)3/h4-7H,1-3H3,(H,16,18). The zero-order chi connectivity index (χ0) is 13.3. The summed E-state index contributed by atoms with van der Waals surface area (Å²) in [5.74, 6) is -0.156. The summed E-state index contributed by atoms with van der Waals surface area (Å²) in [5.41, 5.74) is 3.51. The zero-order valence-electron chi connectivity index (χ0n) is 10.5. The SMILES string of the molecule is Cc1cc(NC(=O)c2cncn2C)cc(C)c1Br. The minimum absolute atomic E-state index is 0.156. The van der Waals surface area contributed by atoms with E-state index in [0.29, 0.717) is 5.69 Å². The Balaban J connectivity index is 2.25. The monoisotopic (exact) mass is 307 g/mol. The van der Waals surface area contributed by atoms with Gasteiger partial charge < -0.3 is 9.88 Å². The maximum absolute atomic E-state index is 12.0. The Morgan fingerprint density at radius 3 is 2.44 bits per heavy atom. The lowest BCUT2D eigenvalue weighted by atomic mass is 10.1. The van der Waals surface area contributed by atoms with Crippen LogP contribution in [0.5, 0.6) is 0 Å². The number of hydrogen-bond acceptors (Lipinski definition) is 2. The summed E-state index contributed by atoms with van der Waals surface area (Å²) in [6, 6.07) is 3.87. The van der Waals surface area contributed by atoms with Gasteiger partial charge in [0.1, 0.15) is 5.69 Å². The first-order valence-electron chi connectivity index (χ1n) is 5.53. The molecule has 1 aromatic carbocycles. The van der Waals surface area contributed by atoms with Gasteiger partial charge in [0.25, 0.3) is 5.91 Å². The van der Waals surface area contributed by atoms with Gasteiger partial charge in [0.2, 0.25) is 0 Å². The van der Waals surface area contributed by atoms with E-state index >= 15 is 0 Å². The number of nitrogens with zero attached hydrogens (tertiary/aromatic N) is 2. The first kappa shape index (κ1) is 12.8. The summed E-state index contributed by atoms with van der Waals surface area (Å²) >= 11 is 3.50. The Morgan fingerprint density at radius 1 is 1.33 bits per heavy atom. The molecule has 0 fully saturated rings. The molecule has 0 saturated heterocycles. The number of carbonyl (C=O) groups excluding carboxylic acids is 1. The van der Waals surface area contributed by atoms with E-state index < -0.39 is 0 Å². The summed E-state index contributed by atoms with van der Waals surface area (Å²) in [5, 5.41) is 2.87. The Kier molecular flexibility index (Phi) is 3.52. The van der Waals surface area contributed by atoms with Crippen LogP contribution in [0.3, 0.4) is 0 Å². The molecule has 0 bridgehead atoms. The second-order valence-electron chi connectivity index (χ2n) is 4.27. The van der Waals surface area contributed by atoms with Crippen LogP contribution < -0.4 is 5.32 Å². The van der Waals surface area contributed by atoms with Crippen LogP contribution in [0.15, 0.2) is 29.1 Å². The van der Waals surface area contributed by atoms with Gasteiger partial charge in [-0.15, -0.1) is 0 Å². The van der Waals surface area contributed by atoms with Crippen LogP contribution in [0.25, 0.3) is 0 Å². The highest BCUT2D eigenvalue weighted by Crippen LogP contribution is 2.25. The van der Waals surface area contributed by atoms with E-state index in [4.69, 9.17) is 0 Å². The molecule has 1 amide bonds. The van der Waals surface area contributed by atoms with Crippen molar-refractivity contribution in [2.24, 2.45) is 7.05 Å². The molecule has 0 unspecified atom stereocenters. The first-order chi connectivity index (χ1) is 8.49. The van der Waals surface area contributed by atoms with Crippen molar-refractivity contribution in [1.29, 1.82) is 0 Å². The second-order valence-corrected chi connectivity index (χ2v) is 5.06. The molecule has 0 radical (unpaired) electrons. The van der Waals surface area contributed by atoms with Crippen LogP contribution >= 0.6 is 15.9 Å². The van der Waals surface area contributed by atoms with Gasteiger partial charge in [-0.1, -0.05) is 15.9 Å². The molecule has 18 heavy (non-hydrogen) atoms. The first-order valence-corrected chi connectivity index (χ1v) is 6.32. The summed E-state index contributed by atoms with van der Waals surface area (Å²) < 4.78 is 2.76. The van der Waals surface area contributed by atoms with Crippen molar-refractivity contribution in [1.82, 2.24) is 9.55 Å². The molecule has 0 atom stereocenters. The summed E-state index contributed by atoms with van der Waals surface area (Å²) in [6.45, 7) is 3.99. The molecule has 1 heterocycles. The zero-order valence-corrected chi connectivity index (χ0v) is 12.1. The van der Waals surface area contributed by atoms with E-state index in [1.807, 2.05) is 26.0 Å². The van der Waals surface area contributed by atoms with Crippen LogP contribution in [0.4, 0.5) is 5.69 Å². The molecule has 4 nitrogen and oxygen atoms in total. The van der Waals surface area contributed by atoms with Gasteiger partial charge in [-0.05, 0) is 37.1 Å². The van der Waals surface area contributed by atoms with Crippen molar-refractivity contribution in [3.05, 3.63) is 46.0 Å². The average Bonchev–Trinajstić information content (AvgIpc) is 2.72. The smallest absolute Gasteiger partial charge is 0.273 e. The summed E-state index contributed by atoms with van der Waals surface area (Å²) in [6.07, 6.45) is 3.15. The van der Waals surface area contributed by atoms with E-state index in [-0.39, 0.29) is 5.91 Å². The van der Waals surface area contributed by atoms with Crippen molar-refractivity contribution < 1.29 is 4.79 Å². The van der Waals surface area contributed by atoms with Crippen LogP contribution in [0, 0.1) is 13.8 Å². The van der Waals surface area contributed by atoms with E-state index in [9.17, 15) is 4.79 Å². The fraction of sp³-hybridized carbons (Fsp3) is 0.231. The highest BCUT2D eigenvalue weighted by molar-refractivity contribution is 9.10. The van der Waals surface area contributed by atoms with Crippen LogP contribution in [-0.2, 0) is 7.05 Å². The van der Waals surface area contributed by atoms with Crippen molar-refractivity contribution in [2.45, 2.75) is 13.8 Å². The predicted molar refractivity (Wildman–Crippen MR) is 74.8 cm³/mol. The maximum Gasteiger partial charge on any atom is 0.273 e. The van der Waals surface area contributed by atoms with Crippen molar-refractivity contribution in [3.63, 3.8) is 0 Å². The molecular formula is C13H14BrN3O. The number of anilines is 1. The number of nitrogens with one attached hydrogen (secondary N) is 1. The number of hydrogen-bond donors (Lipinski definition) is 1. The van der Waals surface area contributed by atoms with Crippen LogP contribution in [-0.4, -0.2) is 15.5 Å². The average molecular weight is 308 g/mol. The normalized spacial score (nSPS) is 10.4. The third-order valence-electron chi connectivity index (χ3n) is 2.74. The number of carbonyl (C=O) groups is 1. The largest absolute Gasteiger partial charge is 0.330 e. The molecule has 1 N–H and O–H groups in total. The second kappa shape index (κ2) is 4.94. The Hall–Kier alpha value is -1.62. The molecule has 2 rings (SSSR count). The van der Waals surface area contributed by atoms with Gasteiger partial charge in [-0.2, -0.15) is 0 Å². The molecule has 2 aromatic rings. The van der Waals surface area contributed by atoms with Gasteiger partial charge >= 0.3 is 0 Å². The topological polar surface area (TPSA) is 46.9 Å². The van der Waals surface area contributed by atoms with Gasteiger partial charge in [0.05, 0.1) is 12.5 Å². The number of imidazole rings is 1. The van der Waals surface area contributed by atoms with E-state index in [1.54, 1.807) is 24.1 Å². The summed E-state index contributed by atoms with van der Waals surface area (Å²) in [7, 11) is 1.79. The fourth-order valence-electron chi connectivity index (χ4n) is 1.79. The highest BCUT2D eigenvalue weighted by atomic mass is 79.9. The number of halogens is 1. The lowest BCUT2D eigenvalue weighted by molar-refractivity contribution is 0.101. The molecular weight excluding hydrogens is 294 g/mol. The van der Waals surface area contributed by atoms with E-state index in [1.165, 1.54) is 0 Å². The van der Waals surface area contributed by atoms with E-state index in [0.717, 1.165) is 21.3 Å². The summed E-state index contributed by atoms with van der Waals surface area (Å²) in [4.78, 5) is 15.9. The lowest BCUT2D eigenvalue weighted by Gasteiger charge is -2.09. The van der Waals surface area contributed by atoms with E-state index in [2.05, 4.69) is 26.2 Å². The molecule has 0 aliphatic carbocycles. The van der Waals surface area contributed by atoms with Crippen LogP contribution in [0.2, 0.25) is 0 Å². The molecule has 1 aromatic heterocycles. The predicted octanol–water partition coefficient (Wildman–Crippen LogP) is 3.05. The van der Waals surface area contributed by atoms with Crippen molar-refractivity contribution >= 4 is 27.5 Å². The Labute approximate surface area is 114 Å². The highest BCUT2D eigenvalue weighted by Gasteiger charge is 2.11. The third-order valence-corrected chi connectivity index (χ3v) is 3.99. The Bertz CT molecular complexity index is 581. The number of benzene rings is 1. The minimum Gasteiger partial charge on any atom is -0.330 e. The Morgan fingerprint density at radius 2 is 1.94 bits per heavy atom. The van der Waals surface area contributed by atoms with Crippen molar-refractivity contribution in [2.75, 3.05) is 5.32 Å². The molecule has 0 aliphatic heterocycles. The third kappa shape index (κ3) is 2.46. The van der Waals surface area contributed by atoms with Gasteiger partial charge in [0.15, 0.2) is 0 Å². The molecule has 5 heteroatoms. The van der Waals surface area contributed by atoms with Crippen molar-refractivity contribution in [3.8, 4) is 0 Å². The van der Waals surface area contributed by atoms with Gasteiger partial charge in [-0.25, -0.2) is 4.98 Å². The number of rotatable bonds is 2. The molecule has 0 saturated carbocycles. The number of aryl methyl sites for hydroxylation is 3. The quantitative estimate of drug-likeness (QED) is 0.927. The van der Waals surface area contributed by atoms with Crippen LogP contribution in [0.1, 0.15) is 21.6 Å². The maximum atomic E-state index is 12.0. The van der Waals surface area contributed by atoms with Gasteiger partial charge in [-0.3, -0.25) is 4.79 Å². The molecule has 94 valence electrons. The fourth-order valence-corrected chi connectivity index (χ4v) is 2.02. The minimum atomic E-state index is -0.156. The number of aromatic nitrogens is 2. The lowest BCUT2D eigenvalue weighted by Crippen LogP contribution is -2.15. The van der Waals surface area contributed by atoms with Gasteiger partial charge in [0, 0.05) is 17.2 Å². The molecule has 0 spiro atoms.